The second-order valence-corrected chi connectivity index (χ2v) is 10.4. The molecule has 2 rings (SSSR count). The number of carbonyl (C=O) groups excluding carboxylic acids is 2. The molecule has 0 aromatic rings. The zero-order valence-corrected chi connectivity index (χ0v) is 21.2. The summed E-state index contributed by atoms with van der Waals surface area (Å²) in [5.41, 5.74) is -1.04. The van der Waals surface area contributed by atoms with Gasteiger partial charge in [-0.05, 0) is 63.2 Å². The molecule has 0 aliphatic heterocycles. The second kappa shape index (κ2) is 12.2. The zero-order valence-electron chi connectivity index (χ0n) is 21.2. The molecule has 0 bridgehead atoms. The van der Waals surface area contributed by atoms with E-state index in [2.05, 4.69) is 40.9 Å². The molecule has 2 aliphatic rings. The molecule has 0 unspecified atom stereocenters. The van der Waals surface area contributed by atoms with E-state index in [9.17, 15) is 9.59 Å². The number of ether oxygens (including phenoxy) is 4. The lowest BCUT2D eigenvalue weighted by atomic mass is 9.54. The van der Waals surface area contributed by atoms with Crippen LogP contribution in [0, 0.1) is 17.3 Å². The Morgan fingerprint density at radius 2 is 1.09 bits per heavy atom. The lowest BCUT2D eigenvalue weighted by molar-refractivity contribution is -0.251. The van der Waals surface area contributed by atoms with Crippen molar-refractivity contribution in [2.75, 3.05) is 26.4 Å². The maximum atomic E-state index is 11.5. The number of carbonyl (C=O) groups is 2. The minimum Gasteiger partial charge on any atom is -0.460 e. The minimum absolute atomic E-state index is 0.209. The molecule has 6 heteroatoms. The van der Waals surface area contributed by atoms with Gasteiger partial charge in [-0.15, -0.1) is 0 Å². The van der Waals surface area contributed by atoms with Crippen molar-refractivity contribution < 1.29 is 28.5 Å². The maximum absolute atomic E-state index is 11.5. The van der Waals surface area contributed by atoms with E-state index >= 15 is 0 Å². The topological polar surface area (TPSA) is 71.1 Å². The summed E-state index contributed by atoms with van der Waals surface area (Å²) in [5, 5.41) is 0. The van der Waals surface area contributed by atoms with Gasteiger partial charge in [0.15, 0.2) is 0 Å². The molecule has 33 heavy (non-hydrogen) atoms. The van der Waals surface area contributed by atoms with Gasteiger partial charge in [0.1, 0.15) is 13.2 Å². The van der Waals surface area contributed by atoms with Crippen molar-refractivity contribution in [3.8, 4) is 0 Å². The third-order valence-electron chi connectivity index (χ3n) is 8.19. The van der Waals surface area contributed by atoms with Gasteiger partial charge in [0.05, 0.1) is 24.4 Å². The predicted molar refractivity (Wildman–Crippen MR) is 129 cm³/mol. The van der Waals surface area contributed by atoms with Crippen molar-refractivity contribution in [3.05, 3.63) is 25.3 Å². The Kier molecular flexibility index (Phi) is 10.2. The molecule has 0 saturated heterocycles. The predicted octanol–water partition coefficient (Wildman–Crippen LogP) is 5.40. The Bertz CT molecular complexity index is 610. The van der Waals surface area contributed by atoms with E-state index < -0.39 is 11.9 Å². The summed E-state index contributed by atoms with van der Waals surface area (Å²) in [6, 6.07) is 0. The van der Waals surface area contributed by atoms with Crippen molar-refractivity contribution in [2.24, 2.45) is 17.3 Å². The lowest BCUT2D eigenvalue weighted by Gasteiger charge is -2.60. The first kappa shape index (κ1) is 27.6. The van der Waals surface area contributed by atoms with Gasteiger partial charge in [-0.2, -0.15) is 0 Å². The molecule has 6 nitrogen and oxygen atoms in total. The monoisotopic (exact) mass is 464 g/mol. The van der Waals surface area contributed by atoms with Crippen LogP contribution in [0.25, 0.3) is 0 Å². The second-order valence-electron chi connectivity index (χ2n) is 10.4. The fourth-order valence-electron chi connectivity index (χ4n) is 5.65. The number of hydrogen-bond acceptors (Lipinski definition) is 6. The fourth-order valence-corrected chi connectivity index (χ4v) is 5.65. The first-order valence-corrected chi connectivity index (χ1v) is 12.5. The van der Waals surface area contributed by atoms with Crippen LogP contribution in [0.5, 0.6) is 0 Å². The molecule has 2 fully saturated rings. The van der Waals surface area contributed by atoms with Gasteiger partial charge in [0.2, 0.25) is 0 Å². The molecule has 0 aromatic heterocycles. The number of hydrogen-bond donors (Lipinski definition) is 0. The first-order valence-electron chi connectivity index (χ1n) is 12.5. The minimum atomic E-state index is -0.431. The Labute approximate surface area is 200 Å². The van der Waals surface area contributed by atoms with E-state index in [0.717, 1.165) is 51.4 Å². The molecular formula is C27H44O6. The van der Waals surface area contributed by atoms with Crippen molar-refractivity contribution in [2.45, 2.75) is 90.3 Å². The van der Waals surface area contributed by atoms with Crippen LogP contribution in [0.15, 0.2) is 25.3 Å². The summed E-state index contributed by atoms with van der Waals surface area (Å²) in [5.74, 6) is 0.467. The summed E-state index contributed by atoms with van der Waals surface area (Å²) >= 11 is 0. The molecule has 0 radical (unpaired) electrons. The zero-order chi connectivity index (χ0) is 24.5. The van der Waals surface area contributed by atoms with Crippen LogP contribution < -0.4 is 0 Å². The van der Waals surface area contributed by atoms with Gasteiger partial charge < -0.3 is 18.9 Å². The third kappa shape index (κ3) is 6.69. The van der Waals surface area contributed by atoms with Crippen LogP contribution in [0.3, 0.4) is 0 Å². The number of esters is 2. The van der Waals surface area contributed by atoms with Gasteiger partial charge in [-0.3, -0.25) is 0 Å². The fraction of sp³-hybridized carbons (Fsp3) is 0.778. The van der Waals surface area contributed by atoms with Crippen LogP contribution in [-0.2, 0) is 28.5 Å². The highest BCUT2D eigenvalue weighted by atomic mass is 16.6. The van der Waals surface area contributed by atoms with E-state index in [-0.39, 0.29) is 29.8 Å². The van der Waals surface area contributed by atoms with Gasteiger partial charge in [0.25, 0.3) is 0 Å². The Morgan fingerprint density at radius 1 is 0.758 bits per heavy atom. The van der Waals surface area contributed by atoms with Gasteiger partial charge in [-0.1, -0.05) is 40.9 Å². The summed E-state index contributed by atoms with van der Waals surface area (Å²) < 4.78 is 23.7. The number of rotatable bonds is 12. The van der Waals surface area contributed by atoms with E-state index in [1.165, 1.54) is 12.2 Å². The first-order chi connectivity index (χ1) is 15.6. The van der Waals surface area contributed by atoms with Crippen molar-refractivity contribution >= 4 is 11.9 Å². The summed E-state index contributed by atoms with van der Waals surface area (Å²) in [6.45, 7) is 17.2. The highest BCUT2D eigenvalue weighted by Gasteiger charge is 2.59. The van der Waals surface area contributed by atoms with Crippen molar-refractivity contribution in [3.63, 3.8) is 0 Å². The van der Waals surface area contributed by atoms with Crippen molar-refractivity contribution in [1.29, 1.82) is 0 Å². The Morgan fingerprint density at radius 3 is 1.39 bits per heavy atom. The van der Waals surface area contributed by atoms with Crippen LogP contribution in [0.2, 0.25) is 0 Å². The Hall–Kier alpha value is -1.66. The SMILES string of the molecule is C=CC(=O)OCCOC1(C(C)(C)C2(OCCOC(=O)C=C)CCC(C)CC2)CCC(C)CC1. The van der Waals surface area contributed by atoms with E-state index in [1.807, 2.05) is 0 Å². The maximum Gasteiger partial charge on any atom is 0.330 e. The normalized spacial score (nSPS) is 30.3. The molecular weight excluding hydrogens is 420 g/mol. The van der Waals surface area contributed by atoms with E-state index in [1.54, 1.807) is 0 Å². The van der Waals surface area contributed by atoms with Gasteiger partial charge in [0, 0.05) is 17.6 Å². The summed E-state index contributed by atoms with van der Waals surface area (Å²) in [4.78, 5) is 22.9. The van der Waals surface area contributed by atoms with E-state index in [4.69, 9.17) is 18.9 Å². The molecule has 0 atom stereocenters. The van der Waals surface area contributed by atoms with Crippen LogP contribution in [-0.4, -0.2) is 49.6 Å². The average Bonchev–Trinajstić information content (AvgIpc) is 2.81. The average molecular weight is 465 g/mol. The molecule has 188 valence electrons. The molecule has 0 aromatic carbocycles. The smallest absolute Gasteiger partial charge is 0.330 e. The highest BCUT2D eigenvalue weighted by molar-refractivity contribution is 5.81. The van der Waals surface area contributed by atoms with E-state index in [0.29, 0.717) is 25.0 Å². The van der Waals surface area contributed by atoms with Gasteiger partial charge in [-0.25, -0.2) is 9.59 Å². The quantitative estimate of drug-likeness (QED) is 0.219. The third-order valence-corrected chi connectivity index (χ3v) is 8.19. The molecule has 0 N–H and O–H groups in total. The molecule has 2 aliphatic carbocycles. The lowest BCUT2D eigenvalue weighted by Crippen LogP contribution is -2.63. The summed E-state index contributed by atoms with van der Waals surface area (Å²) in [7, 11) is 0. The molecule has 0 heterocycles. The summed E-state index contributed by atoms with van der Waals surface area (Å²) in [6.07, 6.45) is 10.5. The van der Waals surface area contributed by atoms with Gasteiger partial charge >= 0.3 is 11.9 Å². The highest BCUT2D eigenvalue weighted by Crippen LogP contribution is 2.57. The van der Waals surface area contributed by atoms with Crippen LogP contribution in [0.4, 0.5) is 0 Å². The standard InChI is InChI=1S/C27H44O6/c1-7-23(28)30-17-19-32-26(13-9-21(3)10-14-26)25(5,6)27(15-11-22(4)12-16-27)33-20-18-31-24(29)8-2/h7-8,21-22H,1-2,9-20H2,3-6H3. The Balaban J connectivity index is 2.23. The van der Waals surface area contributed by atoms with Crippen LogP contribution in [0.1, 0.15) is 79.1 Å². The van der Waals surface area contributed by atoms with Crippen molar-refractivity contribution in [1.82, 2.24) is 0 Å². The molecule has 0 amide bonds. The molecule has 2 saturated carbocycles. The van der Waals surface area contributed by atoms with Crippen LogP contribution >= 0.6 is 0 Å². The molecule has 0 spiro atoms. The largest absolute Gasteiger partial charge is 0.460 e.